The molecule has 2 aliphatic heterocycles. The van der Waals surface area contributed by atoms with E-state index in [1.165, 1.54) is 11.9 Å². The number of rotatable bonds is 2. The van der Waals surface area contributed by atoms with E-state index in [2.05, 4.69) is 9.28 Å². The molecule has 1 amide bonds. The van der Waals surface area contributed by atoms with Crippen LogP contribution in [0, 0.1) is 0 Å². The van der Waals surface area contributed by atoms with Gasteiger partial charge in [0.25, 0.3) is 0 Å². The molecule has 0 unspecified atom stereocenters. The van der Waals surface area contributed by atoms with Crippen molar-refractivity contribution in [1.29, 1.82) is 0 Å². The van der Waals surface area contributed by atoms with Crippen LogP contribution in [-0.4, -0.2) is 45.8 Å². The first kappa shape index (κ1) is 16.9. The second-order valence-corrected chi connectivity index (χ2v) is 7.31. The molecular weight excluding hydrogens is 355 g/mol. The van der Waals surface area contributed by atoms with Gasteiger partial charge in [-0.3, -0.25) is 4.90 Å². The number of amides is 1. The van der Waals surface area contributed by atoms with Crippen molar-refractivity contribution in [2.24, 2.45) is 7.05 Å². The third-order valence-electron chi connectivity index (χ3n) is 4.31. The average molecular weight is 369 g/mol. The number of carbonyl (C=O) groups is 1. The first-order valence-electron chi connectivity index (χ1n) is 7.10. The Labute approximate surface area is 134 Å². The average Bonchev–Trinajstić information content (AvgIpc) is 2.73. The molecule has 1 fully saturated rings. The van der Waals surface area contributed by atoms with Crippen LogP contribution in [-0.2, 0) is 23.6 Å². The van der Waals surface area contributed by atoms with Gasteiger partial charge in [-0.1, -0.05) is 0 Å². The van der Waals surface area contributed by atoms with Gasteiger partial charge in [-0.05, 0) is 19.3 Å². The van der Waals surface area contributed by atoms with Crippen molar-refractivity contribution in [3.05, 3.63) is 11.3 Å². The zero-order chi connectivity index (χ0) is 17.9. The van der Waals surface area contributed by atoms with Crippen LogP contribution in [0.4, 0.5) is 18.0 Å². The SMILES string of the molecule is Cn1nc2c(c1OS(=O)(=O)C(F)(F)F)C[C@H]1CCC[C@@H]2N1C(=O)O. The molecule has 2 aliphatic rings. The zero-order valence-corrected chi connectivity index (χ0v) is 13.3. The lowest BCUT2D eigenvalue weighted by Crippen LogP contribution is -2.49. The lowest BCUT2D eigenvalue weighted by atomic mass is 9.84. The highest BCUT2D eigenvalue weighted by Gasteiger charge is 2.50. The Morgan fingerprint density at radius 3 is 2.62 bits per heavy atom. The van der Waals surface area contributed by atoms with Gasteiger partial charge >= 0.3 is 21.7 Å². The Kier molecular flexibility index (Phi) is 3.70. The van der Waals surface area contributed by atoms with Crippen LogP contribution in [0.5, 0.6) is 5.88 Å². The van der Waals surface area contributed by atoms with Crippen molar-refractivity contribution in [3.63, 3.8) is 0 Å². The van der Waals surface area contributed by atoms with Crippen molar-refractivity contribution in [1.82, 2.24) is 14.7 Å². The highest BCUT2D eigenvalue weighted by atomic mass is 32.2. The lowest BCUT2D eigenvalue weighted by molar-refractivity contribution is -0.0502. The number of hydrogen-bond acceptors (Lipinski definition) is 5. The molecule has 1 aromatic heterocycles. The van der Waals surface area contributed by atoms with Gasteiger partial charge in [0.2, 0.25) is 5.88 Å². The summed E-state index contributed by atoms with van der Waals surface area (Å²) in [5.41, 5.74) is -5.08. The van der Waals surface area contributed by atoms with Gasteiger partial charge in [-0.2, -0.15) is 26.7 Å². The second-order valence-electron chi connectivity index (χ2n) is 5.77. The van der Waals surface area contributed by atoms with Gasteiger partial charge in [0.1, 0.15) is 0 Å². The standard InChI is InChI=1S/C12H14F3N3O5S/c1-17-10(23-24(21,22)12(13,14)15)7-5-6-3-2-4-8(9(7)16-17)18(6)11(19)20/h6,8H,2-5H2,1H3,(H,19,20)/t6-,8+/m1/s1. The highest BCUT2D eigenvalue weighted by Crippen LogP contribution is 2.44. The van der Waals surface area contributed by atoms with Gasteiger partial charge in [0, 0.05) is 25.1 Å². The molecule has 2 atom stereocenters. The number of alkyl halides is 3. The zero-order valence-electron chi connectivity index (χ0n) is 12.4. The summed E-state index contributed by atoms with van der Waals surface area (Å²) in [4.78, 5) is 12.7. The van der Waals surface area contributed by atoms with Crippen LogP contribution in [0.15, 0.2) is 0 Å². The molecule has 8 nitrogen and oxygen atoms in total. The van der Waals surface area contributed by atoms with E-state index in [9.17, 15) is 31.5 Å². The highest BCUT2D eigenvalue weighted by molar-refractivity contribution is 7.87. The molecule has 12 heteroatoms. The van der Waals surface area contributed by atoms with Crippen molar-refractivity contribution in [2.75, 3.05) is 0 Å². The summed E-state index contributed by atoms with van der Waals surface area (Å²) in [6.45, 7) is 0. The molecule has 2 bridgehead atoms. The monoisotopic (exact) mass is 369 g/mol. The molecule has 1 N–H and O–H groups in total. The predicted molar refractivity (Wildman–Crippen MR) is 72.8 cm³/mol. The number of aryl methyl sites for hydroxylation is 1. The van der Waals surface area contributed by atoms with Crippen LogP contribution in [0.25, 0.3) is 0 Å². The van der Waals surface area contributed by atoms with Crippen LogP contribution in [0.1, 0.15) is 36.6 Å². The largest absolute Gasteiger partial charge is 0.534 e. The minimum absolute atomic E-state index is 0.0642. The molecule has 134 valence electrons. The third kappa shape index (κ3) is 2.48. The first-order chi connectivity index (χ1) is 11.0. The maximum absolute atomic E-state index is 12.6. The van der Waals surface area contributed by atoms with Crippen molar-refractivity contribution in [3.8, 4) is 5.88 Å². The number of halogens is 3. The summed E-state index contributed by atoms with van der Waals surface area (Å²) >= 11 is 0. The van der Waals surface area contributed by atoms with Gasteiger partial charge in [0.05, 0.1) is 11.7 Å². The Balaban J connectivity index is 2.05. The van der Waals surface area contributed by atoms with E-state index in [0.29, 0.717) is 12.8 Å². The van der Waals surface area contributed by atoms with Gasteiger partial charge in [-0.15, -0.1) is 0 Å². The summed E-state index contributed by atoms with van der Waals surface area (Å²) in [5, 5.41) is 13.4. The molecule has 0 radical (unpaired) electrons. The van der Waals surface area contributed by atoms with E-state index >= 15 is 0 Å². The van der Waals surface area contributed by atoms with Crippen molar-refractivity contribution >= 4 is 16.2 Å². The number of nitrogens with zero attached hydrogens (tertiary/aromatic N) is 3. The molecular formula is C12H14F3N3O5S. The molecule has 1 aromatic rings. The fourth-order valence-corrected chi connectivity index (χ4v) is 3.87. The van der Waals surface area contributed by atoms with Gasteiger partial charge < -0.3 is 9.29 Å². The van der Waals surface area contributed by atoms with Crippen LogP contribution in [0.2, 0.25) is 0 Å². The van der Waals surface area contributed by atoms with E-state index in [0.717, 1.165) is 11.1 Å². The fraction of sp³-hybridized carbons (Fsp3) is 0.667. The minimum atomic E-state index is -5.82. The smallest absolute Gasteiger partial charge is 0.465 e. The summed E-state index contributed by atoms with van der Waals surface area (Å²) in [6.07, 6.45) is 0.702. The van der Waals surface area contributed by atoms with Crippen molar-refractivity contribution < 1.29 is 35.7 Å². The Hall–Kier alpha value is -1.98. The quantitative estimate of drug-likeness (QED) is 0.630. The molecule has 1 saturated heterocycles. The van der Waals surface area contributed by atoms with E-state index in [1.807, 2.05) is 0 Å². The lowest BCUT2D eigenvalue weighted by Gasteiger charge is -2.43. The fourth-order valence-electron chi connectivity index (χ4n) is 3.36. The van der Waals surface area contributed by atoms with Gasteiger partial charge in [-0.25, -0.2) is 9.48 Å². The maximum Gasteiger partial charge on any atom is 0.534 e. The molecule has 3 heterocycles. The number of hydrogen-bond donors (Lipinski definition) is 1. The Morgan fingerprint density at radius 1 is 1.38 bits per heavy atom. The Bertz CT molecular complexity index is 789. The molecule has 0 aromatic carbocycles. The molecule has 24 heavy (non-hydrogen) atoms. The number of piperidine rings is 1. The normalized spacial score (nSPS) is 23.8. The van der Waals surface area contributed by atoms with Crippen LogP contribution >= 0.6 is 0 Å². The Morgan fingerprint density at radius 2 is 2.04 bits per heavy atom. The van der Waals surface area contributed by atoms with Crippen molar-refractivity contribution in [2.45, 2.75) is 43.3 Å². The second kappa shape index (κ2) is 5.26. The summed E-state index contributed by atoms with van der Waals surface area (Å²) in [6, 6.07) is -1.05. The van der Waals surface area contributed by atoms with Crippen LogP contribution < -0.4 is 4.18 Å². The van der Waals surface area contributed by atoms with E-state index < -0.39 is 39.7 Å². The molecule has 0 saturated carbocycles. The summed E-state index contributed by atoms with van der Waals surface area (Å²) < 4.78 is 65.4. The predicted octanol–water partition coefficient (Wildman–Crippen LogP) is 1.78. The molecule has 0 aliphatic carbocycles. The maximum atomic E-state index is 12.6. The minimum Gasteiger partial charge on any atom is -0.465 e. The van der Waals surface area contributed by atoms with E-state index in [4.69, 9.17) is 0 Å². The summed E-state index contributed by atoms with van der Waals surface area (Å²) in [7, 11) is -4.56. The molecule has 3 rings (SSSR count). The number of fused-ring (bicyclic) bond motifs is 4. The topological polar surface area (TPSA) is 102 Å². The van der Waals surface area contributed by atoms with E-state index in [1.54, 1.807) is 0 Å². The third-order valence-corrected chi connectivity index (χ3v) is 5.26. The number of aromatic nitrogens is 2. The molecule has 0 spiro atoms. The first-order valence-corrected chi connectivity index (χ1v) is 8.51. The number of carboxylic acid groups (broad SMARTS) is 1. The van der Waals surface area contributed by atoms with Crippen LogP contribution in [0.3, 0.4) is 0 Å². The summed E-state index contributed by atoms with van der Waals surface area (Å²) in [5.74, 6) is -0.510. The van der Waals surface area contributed by atoms with E-state index in [-0.39, 0.29) is 17.7 Å². The van der Waals surface area contributed by atoms with Gasteiger partial charge in [0.15, 0.2) is 0 Å².